The monoisotopic (exact) mass is 331 g/mol. The van der Waals surface area contributed by atoms with Crippen molar-refractivity contribution in [3.05, 3.63) is 35.7 Å². The number of nitrogens with zero attached hydrogens (tertiary/aromatic N) is 3. The van der Waals surface area contributed by atoms with E-state index in [0.717, 1.165) is 5.56 Å². The highest BCUT2D eigenvalue weighted by Crippen LogP contribution is 2.12. The number of aromatic nitrogens is 4. The molecule has 1 heterocycles. The highest BCUT2D eigenvalue weighted by Gasteiger charge is 2.14. The second kappa shape index (κ2) is 5.55. The van der Waals surface area contributed by atoms with Crippen LogP contribution in [0.1, 0.15) is 11.4 Å². The summed E-state index contributed by atoms with van der Waals surface area (Å²) < 4.78 is 26.2. The van der Waals surface area contributed by atoms with Gasteiger partial charge in [0.25, 0.3) is 0 Å². The van der Waals surface area contributed by atoms with E-state index in [1.807, 2.05) is 0 Å². The number of H-pyrrole nitrogens is 1. The van der Waals surface area contributed by atoms with Gasteiger partial charge in [-0.15, -0.1) is 10.2 Å². The Morgan fingerprint density at radius 2 is 2.00 bits per heavy atom. The van der Waals surface area contributed by atoms with Crippen molar-refractivity contribution in [2.24, 2.45) is 0 Å². The van der Waals surface area contributed by atoms with Crippen molar-refractivity contribution < 1.29 is 8.42 Å². The van der Waals surface area contributed by atoms with Crippen molar-refractivity contribution in [1.82, 2.24) is 25.3 Å². The van der Waals surface area contributed by atoms with Gasteiger partial charge in [-0.05, 0) is 17.7 Å². The molecule has 0 aliphatic heterocycles. The summed E-state index contributed by atoms with van der Waals surface area (Å²) in [5.74, 6) is 0.288. The summed E-state index contributed by atoms with van der Waals surface area (Å²) in [6.07, 6.45) is 0. The number of alkyl halides is 1. The van der Waals surface area contributed by atoms with Crippen LogP contribution in [-0.2, 0) is 21.9 Å². The lowest BCUT2D eigenvalue weighted by atomic mass is 10.2. The van der Waals surface area contributed by atoms with E-state index in [0.29, 0.717) is 5.33 Å². The van der Waals surface area contributed by atoms with Gasteiger partial charge in [0.05, 0.1) is 11.4 Å². The first-order valence-corrected chi connectivity index (χ1v) is 7.59. The Morgan fingerprint density at radius 3 is 2.56 bits per heavy atom. The van der Waals surface area contributed by atoms with Crippen LogP contribution in [-0.4, -0.2) is 29.0 Å². The van der Waals surface area contributed by atoms with Crippen LogP contribution in [0.15, 0.2) is 29.2 Å². The molecule has 0 amide bonds. The van der Waals surface area contributed by atoms with Gasteiger partial charge < -0.3 is 0 Å². The zero-order chi connectivity index (χ0) is 13.0. The Morgan fingerprint density at radius 1 is 1.28 bits per heavy atom. The molecule has 0 unspecified atom stereocenters. The van der Waals surface area contributed by atoms with Crippen LogP contribution < -0.4 is 4.72 Å². The molecular formula is C9H10BrN5O2S. The molecule has 0 radical (unpaired) electrons. The third-order valence-electron chi connectivity index (χ3n) is 2.20. The summed E-state index contributed by atoms with van der Waals surface area (Å²) >= 11 is 3.30. The minimum Gasteiger partial charge on any atom is -0.207 e. The minimum absolute atomic E-state index is 0.000963. The minimum atomic E-state index is -3.55. The maximum Gasteiger partial charge on any atom is 0.240 e. The summed E-state index contributed by atoms with van der Waals surface area (Å²) in [6.45, 7) is -0.000963. The van der Waals surface area contributed by atoms with Crippen LogP contribution in [0.25, 0.3) is 0 Å². The Kier molecular flexibility index (Phi) is 4.04. The van der Waals surface area contributed by atoms with Crippen molar-refractivity contribution in [1.29, 1.82) is 0 Å². The summed E-state index contributed by atoms with van der Waals surface area (Å²) in [7, 11) is -3.55. The summed E-state index contributed by atoms with van der Waals surface area (Å²) in [4.78, 5) is 0.204. The predicted molar refractivity (Wildman–Crippen MR) is 67.3 cm³/mol. The van der Waals surface area contributed by atoms with Crippen LogP contribution in [0.3, 0.4) is 0 Å². The lowest BCUT2D eigenvalue weighted by molar-refractivity contribution is 0.579. The van der Waals surface area contributed by atoms with Crippen LogP contribution in [0.5, 0.6) is 0 Å². The second-order valence-electron chi connectivity index (χ2n) is 3.43. The lowest BCUT2D eigenvalue weighted by Gasteiger charge is -2.05. The van der Waals surface area contributed by atoms with Gasteiger partial charge in [0.1, 0.15) is 0 Å². The first-order valence-electron chi connectivity index (χ1n) is 4.99. The molecule has 9 heteroatoms. The van der Waals surface area contributed by atoms with Crippen molar-refractivity contribution in [3.63, 3.8) is 0 Å². The van der Waals surface area contributed by atoms with E-state index >= 15 is 0 Å². The van der Waals surface area contributed by atoms with E-state index in [1.54, 1.807) is 24.3 Å². The number of benzene rings is 1. The van der Waals surface area contributed by atoms with Crippen LogP contribution >= 0.6 is 15.9 Å². The van der Waals surface area contributed by atoms with Gasteiger partial charge in [-0.3, -0.25) is 0 Å². The average Bonchev–Trinajstić information content (AvgIpc) is 2.90. The summed E-state index contributed by atoms with van der Waals surface area (Å²) in [5.41, 5.74) is 1.01. The molecule has 0 saturated heterocycles. The fraction of sp³-hybridized carbons (Fsp3) is 0.222. The molecule has 0 fully saturated rings. The maximum atomic E-state index is 11.9. The van der Waals surface area contributed by atoms with E-state index in [4.69, 9.17) is 0 Å². The highest BCUT2D eigenvalue weighted by atomic mass is 79.9. The maximum absolute atomic E-state index is 11.9. The number of nitrogens with one attached hydrogen (secondary N) is 2. The SMILES string of the molecule is O=S(=O)(NCc1nn[nH]n1)c1ccc(CBr)cc1. The quantitative estimate of drug-likeness (QED) is 0.780. The average molecular weight is 332 g/mol. The molecule has 7 nitrogen and oxygen atoms in total. The van der Waals surface area contributed by atoms with Crippen molar-refractivity contribution in [2.75, 3.05) is 0 Å². The van der Waals surface area contributed by atoms with Crippen molar-refractivity contribution in [3.8, 4) is 0 Å². The van der Waals surface area contributed by atoms with Crippen LogP contribution in [0.2, 0.25) is 0 Å². The van der Waals surface area contributed by atoms with Crippen LogP contribution in [0.4, 0.5) is 0 Å². The summed E-state index contributed by atoms with van der Waals surface area (Å²) in [6, 6.07) is 6.60. The number of sulfonamides is 1. The zero-order valence-corrected chi connectivity index (χ0v) is 11.6. The van der Waals surface area contributed by atoms with E-state index in [-0.39, 0.29) is 17.3 Å². The molecule has 96 valence electrons. The Labute approximate surface area is 112 Å². The standard InChI is InChI=1S/C9H10BrN5O2S/c10-5-7-1-3-8(4-2-7)18(16,17)11-6-9-12-14-15-13-9/h1-4,11H,5-6H2,(H,12,13,14,15). The van der Waals surface area contributed by atoms with Crippen LogP contribution in [0, 0.1) is 0 Å². The van der Waals surface area contributed by atoms with Gasteiger partial charge in [-0.25, -0.2) is 13.1 Å². The van der Waals surface area contributed by atoms with Crippen molar-refractivity contribution in [2.45, 2.75) is 16.8 Å². The molecule has 2 N–H and O–H groups in total. The zero-order valence-electron chi connectivity index (χ0n) is 9.17. The third-order valence-corrected chi connectivity index (χ3v) is 4.26. The van der Waals surface area contributed by atoms with E-state index in [2.05, 4.69) is 41.3 Å². The van der Waals surface area contributed by atoms with E-state index in [1.165, 1.54) is 0 Å². The molecular weight excluding hydrogens is 322 g/mol. The number of aromatic amines is 1. The molecule has 2 aromatic rings. The van der Waals surface area contributed by atoms with E-state index < -0.39 is 10.0 Å². The third kappa shape index (κ3) is 3.12. The van der Waals surface area contributed by atoms with Gasteiger partial charge >= 0.3 is 0 Å². The highest BCUT2D eigenvalue weighted by molar-refractivity contribution is 9.08. The largest absolute Gasteiger partial charge is 0.240 e. The summed E-state index contributed by atoms with van der Waals surface area (Å²) in [5, 5.41) is 13.6. The number of halogens is 1. The van der Waals surface area contributed by atoms with E-state index in [9.17, 15) is 8.42 Å². The molecule has 1 aromatic heterocycles. The molecule has 2 rings (SSSR count). The normalized spacial score (nSPS) is 11.6. The predicted octanol–water partition coefficient (Wildman–Crippen LogP) is 0.573. The fourth-order valence-electron chi connectivity index (χ4n) is 1.26. The molecule has 0 atom stereocenters. The van der Waals surface area contributed by atoms with Gasteiger partial charge in [-0.2, -0.15) is 5.21 Å². The topological polar surface area (TPSA) is 101 Å². The van der Waals surface area contributed by atoms with Gasteiger partial charge in [0.2, 0.25) is 10.0 Å². The smallest absolute Gasteiger partial charge is 0.207 e. The number of rotatable bonds is 5. The fourth-order valence-corrected chi connectivity index (χ4v) is 2.61. The van der Waals surface area contributed by atoms with Gasteiger partial charge in [-0.1, -0.05) is 33.3 Å². The second-order valence-corrected chi connectivity index (χ2v) is 5.76. The number of hydrogen-bond donors (Lipinski definition) is 2. The Hall–Kier alpha value is -1.32. The lowest BCUT2D eigenvalue weighted by Crippen LogP contribution is -2.23. The molecule has 0 bridgehead atoms. The molecule has 0 aliphatic carbocycles. The first-order chi connectivity index (χ1) is 8.62. The van der Waals surface area contributed by atoms with Crippen molar-refractivity contribution >= 4 is 26.0 Å². The molecule has 0 saturated carbocycles. The Bertz CT molecular complexity index is 596. The molecule has 0 spiro atoms. The van der Waals surface area contributed by atoms with Gasteiger partial charge in [0, 0.05) is 5.33 Å². The van der Waals surface area contributed by atoms with Gasteiger partial charge in [0.15, 0.2) is 5.82 Å². The Balaban J connectivity index is 2.09. The molecule has 18 heavy (non-hydrogen) atoms. The number of tetrazole rings is 1. The molecule has 0 aliphatic rings. The molecule has 1 aromatic carbocycles. The number of hydrogen-bond acceptors (Lipinski definition) is 5. The first kappa shape index (κ1) is 13.1.